The summed E-state index contributed by atoms with van der Waals surface area (Å²) >= 11 is 0. The lowest BCUT2D eigenvalue weighted by Gasteiger charge is -2.28. The molecule has 2 N–H and O–H groups in total. The Labute approximate surface area is 150 Å². The summed E-state index contributed by atoms with van der Waals surface area (Å²) in [5.74, 6) is 2.61. The second-order valence-electron chi connectivity index (χ2n) is 6.24. The van der Waals surface area contributed by atoms with Gasteiger partial charge in [-0.05, 0) is 56.0 Å². The highest BCUT2D eigenvalue weighted by molar-refractivity contribution is 5.85. The summed E-state index contributed by atoms with van der Waals surface area (Å²) in [6.45, 7) is 4.75. The molecule has 1 aliphatic rings. The van der Waals surface area contributed by atoms with Crippen LogP contribution in [0.3, 0.4) is 0 Å². The van der Waals surface area contributed by atoms with Crippen LogP contribution in [-0.4, -0.2) is 33.2 Å². The highest BCUT2D eigenvalue weighted by Gasteiger charge is 2.22. The summed E-state index contributed by atoms with van der Waals surface area (Å²) in [5, 5.41) is 6.41. The van der Waals surface area contributed by atoms with Gasteiger partial charge in [-0.3, -0.25) is 4.79 Å². The van der Waals surface area contributed by atoms with Gasteiger partial charge in [-0.1, -0.05) is 6.92 Å². The van der Waals surface area contributed by atoms with E-state index >= 15 is 0 Å². The van der Waals surface area contributed by atoms with E-state index in [1.807, 2.05) is 18.2 Å². The summed E-state index contributed by atoms with van der Waals surface area (Å²) in [6, 6.07) is 5.60. The van der Waals surface area contributed by atoms with Crippen molar-refractivity contribution in [1.29, 1.82) is 0 Å². The number of carbonyl (C=O) groups excluding carboxylic acids is 1. The van der Waals surface area contributed by atoms with Gasteiger partial charge < -0.3 is 20.1 Å². The van der Waals surface area contributed by atoms with Crippen molar-refractivity contribution >= 4 is 18.3 Å². The Kier molecular flexibility index (Phi) is 8.93. The van der Waals surface area contributed by atoms with E-state index in [4.69, 9.17) is 9.47 Å². The molecule has 1 heterocycles. The molecular formula is C18H29ClN2O3. The van der Waals surface area contributed by atoms with Crippen molar-refractivity contribution in [2.45, 2.75) is 32.7 Å². The second kappa shape index (κ2) is 10.4. The molecule has 24 heavy (non-hydrogen) atoms. The quantitative estimate of drug-likeness (QED) is 0.788. The van der Waals surface area contributed by atoms with Gasteiger partial charge in [0, 0.05) is 18.5 Å². The minimum atomic E-state index is 0. The summed E-state index contributed by atoms with van der Waals surface area (Å²) < 4.78 is 10.6. The fourth-order valence-electron chi connectivity index (χ4n) is 3.11. The zero-order valence-electron chi connectivity index (χ0n) is 14.8. The number of ether oxygens (including phenoxy) is 2. The van der Waals surface area contributed by atoms with E-state index in [0.29, 0.717) is 24.8 Å². The SMILES string of the molecule is COc1ccc(OC)c(CNC(=O)CC(C)C2CCCNC2)c1.Cl. The van der Waals surface area contributed by atoms with Gasteiger partial charge in [0.2, 0.25) is 5.91 Å². The van der Waals surface area contributed by atoms with E-state index < -0.39 is 0 Å². The first-order valence-corrected chi connectivity index (χ1v) is 8.32. The summed E-state index contributed by atoms with van der Waals surface area (Å²) in [4.78, 5) is 12.2. The zero-order valence-corrected chi connectivity index (χ0v) is 15.6. The molecule has 1 saturated heterocycles. The van der Waals surface area contributed by atoms with E-state index in [2.05, 4.69) is 17.6 Å². The maximum Gasteiger partial charge on any atom is 0.220 e. The van der Waals surface area contributed by atoms with Gasteiger partial charge >= 0.3 is 0 Å². The first kappa shape index (κ1) is 20.6. The predicted molar refractivity (Wildman–Crippen MR) is 98.0 cm³/mol. The van der Waals surface area contributed by atoms with Crippen molar-refractivity contribution in [3.63, 3.8) is 0 Å². The van der Waals surface area contributed by atoms with Crippen LogP contribution in [0.1, 0.15) is 31.7 Å². The average Bonchev–Trinajstić information content (AvgIpc) is 2.60. The van der Waals surface area contributed by atoms with Gasteiger partial charge in [0.1, 0.15) is 11.5 Å². The van der Waals surface area contributed by atoms with Crippen LogP contribution >= 0.6 is 12.4 Å². The Morgan fingerprint density at radius 2 is 2.17 bits per heavy atom. The monoisotopic (exact) mass is 356 g/mol. The Hall–Kier alpha value is -1.46. The molecule has 2 rings (SSSR count). The second-order valence-corrected chi connectivity index (χ2v) is 6.24. The van der Waals surface area contributed by atoms with Crippen LogP contribution in [0.15, 0.2) is 18.2 Å². The molecule has 0 bridgehead atoms. The lowest BCUT2D eigenvalue weighted by molar-refractivity contribution is -0.122. The van der Waals surface area contributed by atoms with Gasteiger partial charge in [-0.2, -0.15) is 0 Å². The Morgan fingerprint density at radius 3 is 2.79 bits per heavy atom. The van der Waals surface area contributed by atoms with Crippen molar-refractivity contribution < 1.29 is 14.3 Å². The highest BCUT2D eigenvalue weighted by Crippen LogP contribution is 2.25. The van der Waals surface area contributed by atoms with Crippen LogP contribution in [0.4, 0.5) is 0 Å². The van der Waals surface area contributed by atoms with Crippen molar-refractivity contribution in [2.75, 3.05) is 27.3 Å². The van der Waals surface area contributed by atoms with Crippen LogP contribution in [0, 0.1) is 11.8 Å². The van der Waals surface area contributed by atoms with Gasteiger partial charge in [0.15, 0.2) is 0 Å². The van der Waals surface area contributed by atoms with E-state index in [1.54, 1.807) is 14.2 Å². The maximum absolute atomic E-state index is 12.2. The van der Waals surface area contributed by atoms with Crippen LogP contribution in [-0.2, 0) is 11.3 Å². The Balaban J connectivity index is 0.00000288. The predicted octanol–water partition coefficient (Wildman–Crippen LogP) is 2.77. The van der Waals surface area contributed by atoms with Gasteiger partial charge in [0.25, 0.3) is 0 Å². The van der Waals surface area contributed by atoms with Crippen molar-refractivity contribution in [1.82, 2.24) is 10.6 Å². The Bertz CT molecular complexity index is 519. The van der Waals surface area contributed by atoms with Crippen LogP contribution in [0.25, 0.3) is 0 Å². The molecule has 0 aliphatic carbocycles. The van der Waals surface area contributed by atoms with E-state index in [0.717, 1.165) is 30.2 Å². The number of methoxy groups -OCH3 is 2. The molecular weight excluding hydrogens is 328 g/mol. The normalized spacial score (nSPS) is 18.2. The minimum absolute atomic E-state index is 0. The van der Waals surface area contributed by atoms with Gasteiger partial charge in [-0.25, -0.2) is 0 Å². The van der Waals surface area contributed by atoms with E-state index in [9.17, 15) is 4.79 Å². The number of hydrogen-bond donors (Lipinski definition) is 2. The number of halogens is 1. The smallest absolute Gasteiger partial charge is 0.220 e. The van der Waals surface area contributed by atoms with Crippen LogP contribution in [0.5, 0.6) is 11.5 Å². The molecule has 0 radical (unpaired) electrons. The third-order valence-electron chi connectivity index (χ3n) is 4.61. The molecule has 136 valence electrons. The molecule has 1 amide bonds. The standard InChI is InChI=1S/C18H28N2O3.ClH/c1-13(14-5-4-8-19-11-14)9-18(21)20-12-15-10-16(22-2)6-7-17(15)23-3;/h6-7,10,13-14,19H,4-5,8-9,11-12H2,1-3H3,(H,20,21);1H. The molecule has 1 aliphatic heterocycles. The first-order chi connectivity index (χ1) is 11.1. The number of nitrogens with one attached hydrogen (secondary N) is 2. The maximum atomic E-state index is 12.2. The molecule has 0 saturated carbocycles. The third-order valence-corrected chi connectivity index (χ3v) is 4.61. The first-order valence-electron chi connectivity index (χ1n) is 8.32. The number of piperidine rings is 1. The largest absolute Gasteiger partial charge is 0.497 e. The van der Waals surface area contributed by atoms with Crippen molar-refractivity contribution in [3.8, 4) is 11.5 Å². The van der Waals surface area contributed by atoms with Crippen LogP contribution in [0.2, 0.25) is 0 Å². The molecule has 1 aromatic rings. The number of benzene rings is 1. The lowest BCUT2D eigenvalue weighted by atomic mass is 9.85. The summed E-state index contributed by atoms with van der Waals surface area (Å²) in [6.07, 6.45) is 2.99. The van der Waals surface area contributed by atoms with E-state index in [1.165, 1.54) is 12.8 Å². The number of amides is 1. The fraction of sp³-hybridized carbons (Fsp3) is 0.611. The highest BCUT2D eigenvalue weighted by atomic mass is 35.5. The van der Waals surface area contributed by atoms with Gasteiger partial charge in [-0.15, -0.1) is 12.4 Å². The molecule has 0 spiro atoms. The van der Waals surface area contributed by atoms with Crippen molar-refractivity contribution in [3.05, 3.63) is 23.8 Å². The molecule has 0 aromatic heterocycles. The minimum Gasteiger partial charge on any atom is -0.497 e. The van der Waals surface area contributed by atoms with E-state index in [-0.39, 0.29) is 18.3 Å². The average molecular weight is 357 g/mol. The topological polar surface area (TPSA) is 59.6 Å². The zero-order chi connectivity index (χ0) is 16.7. The lowest BCUT2D eigenvalue weighted by Crippen LogP contribution is -2.35. The number of carbonyl (C=O) groups is 1. The van der Waals surface area contributed by atoms with Gasteiger partial charge in [0.05, 0.1) is 14.2 Å². The van der Waals surface area contributed by atoms with Crippen molar-refractivity contribution in [2.24, 2.45) is 11.8 Å². The number of rotatable bonds is 7. The Morgan fingerprint density at radius 1 is 1.38 bits per heavy atom. The van der Waals surface area contributed by atoms with Crippen LogP contribution < -0.4 is 20.1 Å². The fourth-order valence-corrected chi connectivity index (χ4v) is 3.11. The molecule has 1 aromatic carbocycles. The number of hydrogen-bond acceptors (Lipinski definition) is 4. The molecule has 6 heteroatoms. The molecule has 1 fully saturated rings. The molecule has 2 unspecified atom stereocenters. The third kappa shape index (κ3) is 5.87. The summed E-state index contributed by atoms with van der Waals surface area (Å²) in [7, 11) is 3.26. The molecule has 2 atom stereocenters. The summed E-state index contributed by atoms with van der Waals surface area (Å²) in [5.41, 5.74) is 0.923. The molecule has 5 nitrogen and oxygen atoms in total.